The van der Waals surface area contributed by atoms with E-state index in [2.05, 4.69) is 6.07 Å². The molecule has 1 rings (SSSR count). The van der Waals surface area contributed by atoms with E-state index in [-0.39, 0.29) is 0 Å². The Hall–Kier alpha value is -0.500. The molecule has 0 amide bonds. The summed E-state index contributed by atoms with van der Waals surface area (Å²) in [5.41, 5.74) is 5.55. The summed E-state index contributed by atoms with van der Waals surface area (Å²) in [5, 5.41) is 0. The number of hydrogen-bond donors (Lipinski definition) is 1. The number of rotatable bonds is 12. The molecule has 0 spiro atoms. The van der Waals surface area contributed by atoms with Crippen LogP contribution in [0.25, 0.3) is 0 Å². The van der Waals surface area contributed by atoms with Gasteiger partial charge in [0.05, 0.1) is 46.2 Å². The molecule has 0 aliphatic carbocycles. The summed E-state index contributed by atoms with van der Waals surface area (Å²) in [5.74, 6) is 0. The van der Waals surface area contributed by atoms with Crippen molar-refractivity contribution in [2.24, 2.45) is 5.73 Å². The number of methoxy groups -OCH3 is 1. The average molecular weight is 289 g/mol. The van der Waals surface area contributed by atoms with Crippen LogP contribution in [0.3, 0.4) is 0 Å². The normalized spacial score (nSPS) is 11.1. The smallest absolute Gasteiger partial charge is 0.0810 e. The van der Waals surface area contributed by atoms with Gasteiger partial charge in [-0.3, -0.25) is 0 Å². The van der Waals surface area contributed by atoms with Crippen LogP contribution in [0, 0.1) is 0 Å². The Kier molecular flexibility index (Phi) is 9.88. The van der Waals surface area contributed by atoms with Crippen LogP contribution in [-0.2, 0) is 32.1 Å². The third kappa shape index (κ3) is 8.30. The zero-order valence-electron chi connectivity index (χ0n) is 11.4. The summed E-state index contributed by atoms with van der Waals surface area (Å²) in [6.45, 7) is 4.80. The molecular weight excluding hydrogens is 266 g/mol. The van der Waals surface area contributed by atoms with Crippen LogP contribution in [0.1, 0.15) is 9.75 Å². The Balaban J connectivity index is 1.86. The molecule has 19 heavy (non-hydrogen) atoms. The van der Waals surface area contributed by atoms with Gasteiger partial charge in [0.15, 0.2) is 0 Å². The van der Waals surface area contributed by atoms with Crippen molar-refractivity contribution in [1.82, 2.24) is 0 Å². The molecule has 0 saturated carbocycles. The van der Waals surface area contributed by atoms with Crippen molar-refractivity contribution in [1.29, 1.82) is 0 Å². The fourth-order valence-electron chi connectivity index (χ4n) is 1.36. The van der Waals surface area contributed by atoms with Gasteiger partial charge in [-0.25, -0.2) is 0 Å². The third-order valence-corrected chi connectivity index (χ3v) is 3.42. The van der Waals surface area contributed by atoms with Gasteiger partial charge < -0.3 is 24.7 Å². The maximum Gasteiger partial charge on any atom is 0.0810 e. The van der Waals surface area contributed by atoms with Crippen LogP contribution < -0.4 is 5.73 Å². The standard InChI is InChI=1S/C13H23NO4S/c1-15-4-5-16-6-7-17-8-9-18-11-13-3-2-12(10-14)19-13/h2-3H,4-11,14H2,1H3. The fourth-order valence-corrected chi connectivity index (χ4v) is 2.20. The van der Waals surface area contributed by atoms with Crippen molar-refractivity contribution in [3.8, 4) is 0 Å². The molecule has 1 aromatic heterocycles. The minimum absolute atomic E-state index is 0.586. The van der Waals surface area contributed by atoms with Gasteiger partial charge in [-0.1, -0.05) is 0 Å². The second-order valence-corrected chi connectivity index (χ2v) is 5.10. The quantitative estimate of drug-likeness (QED) is 0.589. The lowest BCUT2D eigenvalue weighted by Gasteiger charge is -2.06. The van der Waals surface area contributed by atoms with Gasteiger partial charge in [0.25, 0.3) is 0 Å². The molecule has 2 N–H and O–H groups in total. The summed E-state index contributed by atoms with van der Waals surface area (Å²) >= 11 is 1.69. The largest absolute Gasteiger partial charge is 0.382 e. The first-order chi connectivity index (χ1) is 9.36. The van der Waals surface area contributed by atoms with E-state index < -0.39 is 0 Å². The number of hydrogen-bond acceptors (Lipinski definition) is 6. The van der Waals surface area contributed by atoms with E-state index in [1.54, 1.807) is 18.4 Å². The van der Waals surface area contributed by atoms with Gasteiger partial charge in [0, 0.05) is 23.4 Å². The van der Waals surface area contributed by atoms with E-state index in [1.165, 1.54) is 9.75 Å². The van der Waals surface area contributed by atoms with Crippen molar-refractivity contribution in [3.63, 3.8) is 0 Å². The molecule has 0 radical (unpaired) electrons. The Morgan fingerprint density at radius 1 is 0.895 bits per heavy atom. The van der Waals surface area contributed by atoms with E-state index in [0.29, 0.717) is 52.8 Å². The first-order valence-electron chi connectivity index (χ1n) is 6.36. The Labute approximate surface area is 118 Å². The summed E-state index contributed by atoms with van der Waals surface area (Å²) < 4.78 is 21.0. The first-order valence-corrected chi connectivity index (χ1v) is 7.18. The highest BCUT2D eigenvalue weighted by Crippen LogP contribution is 2.16. The zero-order valence-corrected chi connectivity index (χ0v) is 12.2. The van der Waals surface area contributed by atoms with Crippen molar-refractivity contribution in [2.45, 2.75) is 13.2 Å². The van der Waals surface area contributed by atoms with Gasteiger partial charge in [0.2, 0.25) is 0 Å². The van der Waals surface area contributed by atoms with Crippen LogP contribution in [-0.4, -0.2) is 46.8 Å². The highest BCUT2D eigenvalue weighted by Gasteiger charge is 1.98. The van der Waals surface area contributed by atoms with Crippen LogP contribution in [0.4, 0.5) is 0 Å². The van der Waals surface area contributed by atoms with E-state index >= 15 is 0 Å². The van der Waals surface area contributed by atoms with Gasteiger partial charge in [-0.05, 0) is 12.1 Å². The lowest BCUT2D eigenvalue weighted by molar-refractivity contribution is 0.00120. The number of thiophene rings is 1. The first kappa shape index (κ1) is 16.6. The molecule has 1 aromatic rings. The van der Waals surface area contributed by atoms with Gasteiger partial charge in [-0.2, -0.15) is 0 Å². The zero-order chi connectivity index (χ0) is 13.8. The van der Waals surface area contributed by atoms with Crippen LogP contribution >= 0.6 is 11.3 Å². The van der Waals surface area contributed by atoms with Crippen LogP contribution in [0.5, 0.6) is 0 Å². The van der Waals surface area contributed by atoms with Gasteiger partial charge >= 0.3 is 0 Å². The third-order valence-electron chi connectivity index (χ3n) is 2.34. The van der Waals surface area contributed by atoms with Crippen molar-refractivity contribution in [2.75, 3.05) is 46.8 Å². The monoisotopic (exact) mass is 289 g/mol. The Morgan fingerprint density at radius 2 is 1.47 bits per heavy atom. The lowest BCUT2D eigenvalue weighted by atomic mass is 10.4. The van der Waals surface area contributed by atoms with Crippen molar-refractivity contribution in [3.05, 3.63) is 21.9 Å². The number of ether oxygens (including phenoxy) is 4. The maximum atomic E-state index is 5.55. The van der Waals surface area contributed by atoms with Gasteiger partial charge in [-0.15, -0.1) is 11.3 Å². The molecule has 0 saturated heterocycles. The van der Waals surface area contributed by atoms with E-state index in [0.717, 1.165) is 0 Å². The summed E-state index contributed by atoms with van der Waals surface area (Å²) in [6.07, 6.45) is 0. The van der Waals surface area contributed by atoms with E-state index in [9.17, 15) is 0 Å². The van der Waals surface area contributed by atoms with E-state index in [4.69, 9.17) is 24.7 Å². The highest BCUT2D eigenvalue weighted by atomic mass is 32.1. The van der Waals surface area contributed by atoms with Crippen LogP contribution in [0.2, 0.25) is 0 Å². The van der Waals surface area contributed by atoms with Crippen molar-refractivity contribution >= 4 is 11.3 Å². The molecule has 0 aliphatic rings. The minimum atomic E-state index is 0.586. The van der Waals surface area contributed by atoms with Gasteiger partial charge in [0.1, 0.15) is 0 Å². The summed E-state index contributed by atoms with van der Waals surface area (Å²) in [6, 6.07) is 4.09. The van der Waals surface area contributed by atoms with E-state index in [1.807, 2.05) is 6.07 Å². The SMILES string of the molecule is COCCOCCOCCOCc1ccc(CN)s1. The predicted molar refractivity (Wildman–Crippen MR) is 75.4 cm³/mol. The molecule has 6 heteroatoms. The molecule has 0 aromatic carbocycles. The maximum absolute atomic E-state index is 5.55. The fraction of sp³-hybridized carbons (Fsp3) is 0.692. The molecule has 0 bridgehead atoms. The second kappa shape index (κ2) is 11.3. The average Bonchev–Trinajstić information content (AvgIpc) is 2.89. The molecular formula is C13H23NO4S. The topological polar surface area (TPSA) is 62.9 Å². The Bertz CT molecular complexity index is 319. The molecule has 1 heterocycles. The molecule has 0 atom stereocenters. The molecule has 0 aliphatic heterocycles. The highest BCUT2D eigenvalue weighted by molar-refractivity contribution is 7.11. The summed E-state index contributed by atoms with van der Waals surface area (Å²) in [4.78, 5) is 2.38. The number of nitrogens with two attached hydrogens (primary N) is 1. The Morgan fingerprint density at radius 3 is 2.05 bits per heavy atom. The molecule has 0 fully saturated rings. The minimum Gasteiger partial charge on any atom is -0.382 e. The summed E-state index contributed by atoms with van der Waals surface area (Å²) in [7, 11) is 1.65. The molecule has 5 nitrogen and oxygen atoms in total. The lowest BCUT2D eigenvalue weighted by Crippen LogP contribution is -2.11. The predicted octanol–water partition coefficient (Wildman–Crippen LogP) is 1.40. The molecule has 110 valence electrons. The van der Waals surface area contributed by atoms with Crippen LogP contribution in [0.15, 0.2) is 12.1 Å². The second-order valence-electron chi connectivity index (χ2n) is 3.84. The van der Waals surface area contributed by atoms with Crippen molar-refractivity contribution < 1.29 is 18.9 Å². The molecule has 0 unspecified atom stereocenters.